The van der Waals surface area contributed by atoms with E-state index in [0.717, 1.165) is 16.5 Å². The highest BCUT2D eigenvalue weighted by molar-refractivity contribution is 5.90. The van der Waals surface area contributed by atoms with E-state index in [-0.39, 0.29) is 29.5 Å². The molecular formula is C22H26F3N5O2. The number of rotatable bonds is 5. The van der Waals surface area contributed by atoms with Crippen molar-refractivity contribution in [2.75, 3.05) is 17.2 Å². The molecule has 0 saturated heterocycles. The lowest BCUT2D eigenvalue weighted by atomic mass is 9.84. The van der Waals surface area contributed by atoms with Crippen molar-refractivity contribution < 1.29 is 22.7 Å². The molecule has 1 aromatic carbocycles. The van der Waals surface area contributed by atoms with Crippen molar-refractivity contribution in [3.63, 3.8) is 0 Å². The molecule has 0 aliphatic heterocycles. The average molecular weight is 449 g/mol. The smallest absolute Gasteiger partial charge is 0.402 e. The molecule has 10 heteroatoms. The maximum absolute atomic E-state index is 12.7. The van der Waals surface area contributed by atoms with E-state index in [2.05, 4.69) is 20.8 Å². The largest absolute Gasteiger partial charge is 0.405 e. The Labute approximate surface area is 183 Å². The van der Waals surface area contributed by atoms with Crippen LogP contribution in [0.3, 0.4) is 0 Å². The van der Waals surface area contributed by atoms with Crippen molar-refractivity contribution in [1.82, 2.24) is 15.2 Å². The van der Waals surface area contributed by atoms with E-state index < -0.39 is 12.7 Å². The molecule has 1 saturated carbocycles. The highest BCUT2D eigenvalue weighted by Crippen LogP contribution is 2.36. The van der Waals surface area contributed by atoms with E-state index in [0.29, 0.717) is 29.7 Å². The molecule has 32 heavy (non-hydrogen) atoms. The van der Waals surface area contributed by atoms with Crippen LogP contribution in [-0.4, -0.2) is 45.2 Å². The SMILES string of the molecule is Cc1cc(-c2nnc(N[C@H]3C[C@@H](O)C3)o2)nc2c(C(C)(C)C)cc(NCC(F)(F)F)cc12. The molecule has 1 aliphatic rings. The quantitative estimate of drug-likeness (QED) is 0.515. The van der Waals surface area contributed by atoms with Gasteiger partial charge >= 0.3 is 12.2 Å². The van der Waals surface area contributed by atoms with Gasteiger partial charge in [0.2, 0.25) is 0 Å². The molecule has 172 valence electrons. The zero-order valence-corrected chi connectivity index (χ0v) is 18.3. The fraction of sp³-hybridized carbons (Fsp3) is 0.500. The Morgan fingerprint density at radius 3 is 2.47 bits per heavy atom. The summed E-state index contributed by atoms with van der Waals surface area (Å²) in [5.41, 5.74) is 2.85. The number of benzene rings is 1. The molecule has 0 spiro atoms. The van der Waals surface area contributed by atoms with Crippen molar-refractivity contribution in [2.24, 2.45) is 0 Å². The van der Waals surface area contributed by atoms with E-state index in [9.17, 15) is 18.3 Å². The molecular weight excluding hydrogens is 423 g/mol. The van der Waals surface area contributed by atoms with Crippen LogP contribution >= 0.6 is 0 Å². The van der Waals surface area contributed by atoms with Crippen LogP contribution in [0.1, 0.15) is 44.7 Å². The Kier molecular flexibility index (Phi) is 5.52. The number of nitrogens with one attached hydrogen (secondary N) is 2. The van der Waals surface area contributed by atoms with Crippen LogP contribution < -0.4 is 10.6 Å². The summed E-state index contributed by atoms with van der Waals surface area (Å²) < 4.78 is 43.9. The minimum absolute atomic E-state index is 0.0970. The molecule has 0 atom stereocenters. The molecule has 3 aromatic rings. The first-order valence-corrected chi connectivity index (χ1v) is 10.4. The van der Waals surface area contributed by atoms with Gasteiger partial charge in [-0.3, -0.25) is 0 Å². The second-order valence-electron chi connectivity index (χ2n) is 9.34. The number of aliphatic hydroxyl groups excluding tert-OH is 1. The summed E-state index contributed by atoms with van der Waals surface area (Å²) in [6, 6.07) is 5.55. The van der Waals surface area contributed by atoms with Gasteiger partial charge in [0.15, 0.2) is 0 Å². The molecule has 2 heterocycles. The van der Waals surface area contributed by atoms with Gasteiger partial charge in [-0.25, -0.2) is 4.98 Å². The highest BCUT2D eigenvalue weighted by atomic mass is 19.4. The van der Waals surface area contributed by atoms with Gasteiger partial charge in [-0.2, -0.15) is 13.2 Å². The Morgan fingerprint density at radius 1 is 1.12 bits per heavy atom. The van der Waals surface area contributed by atoms with Crippen molar-refractivity contribution in [3.05, 3.63) is 29.3 Å². The fourth-order valence-electron chi connectivity index (χ4n) is 3.74. The minimum atomic E-state index is -4.31. The van der Waals surface area contributed by atoms with Gasteiger partial charge in [-0.15, -0.1) is 5.10 Å². The average Bonchev–Trinajstić information content (AvgIpc) is 3.12. The number of alkyl halides is 3. The number of aliphatic hydroxyl groups is 1. The summed E-state index contributed by atoms with van der Waals surface area (Å²) in [6.45, 7) is 6.73. The number of aryl methyl sites for hydroxylation is 1. The molecule has 1 fully saturated rings. The van der Waals surface area contributed by atoms with Gasteiger partial charge in [0.25, 0.3) is 5.89 Å². The van der Waals surface area contributed by atoms with Crippen LogP contribution in [0.5, 0.6) is 0 Å². The van der Waals surface area contributed by atoms with Crippen LogP contribution in [0, 0.1) is 6.92 Å². The van der Waals surface area contributed by atoms with E-state index in [1.54, 1.807) is 18.2 Å². The Bertz CT molecular complexity index is 1130. The van der Waals surface area contributed by atoms with Gasteiger partial charge in [-0.05, 0) is 54.5 Å². The predicted octanol–water partition coefficient (Wildman–Crippen LogP) is 4.80. The molecule has 2 aromatic heterocycles. The van der Waals surface area contributed by atoms with Crippen molar-refractivity contribution >= 4 is 22.6 Å². The lowest BCUT2D eigenvalue weighted by Gasteiger charge is -2.30. The van der Waals surface area contributed by atoms with Gasteiger partial charge in [0, 0.05) is 17.1 Å². The highest BCUT2D eigenvalue weighted by Gasteiger charge is 2.29. The first-order valence-electron chi connectivity index (χ1n) is 10.4. The zero-order chi connectivity index (χ0) is 23.3. The van der Waals surface area contributed by atoms with Crippen LogP contribution in [-0.2, 0) is 5.41 Å². The zero-order valence-electron chi connectivity index (χ0n) is 18.3. The molecule has 3 N–H and O–H groups in total. The molecule has 0 radical (unpaired) electrons. The summed E-state index contributed by atoms with van der Waals surface area (Å²) in [5, 5.41) is 23.9. The van der Waals surface area contributed by atoms with E-state index >= 15 is 0 Å². The number of nitrogens with zero attached hydrogens (tertiary/aromatic N) is 3. The third-order valence-electron chi connectivity index (χ3n) is 5.51. The normalized spacial score (nSPS) is 19.1. The standard InChI is InChI=1S/C22H26F3N5O2/c1-11-5-17(19-29-30-20(32-19)27-13-6-14(31)7-13)28-18-15(11)8-12(26-10-22(23,24)25)9-16(18)21(2,3)4/h5,8-9,13-14,26,31H,6-7,10H2,1-4H3,(H,27,30)/t13-,14+. The first kappa shape index (κ1) is 22.3. The lowest BCUT2D eigenvalue weighted by Crippen LogP contribution is -2.39. The summed E-state index contributed by atoms with van der Waals surface area (Å²) in [4.78, 5) is 4.75. The first-order chi connectivity index (χ1) is 14.9. The Balaban J connectivity index is 1.71. The number of anilines is 2. The second kappa shape index (κ2) is 7.91. The van der Waals surface area contributed by atoms with Crippen molar-refractivity contribution in [1.29, 1.82) is 0 Å². The molecule has 0 amide bonds. The van der Waals surface area contributed by atoms with Gasteiger partial charge < -0.3 is 20.2 Å². The fourth-order valence-corrected chi connectivity index (χ4v) is 3.74. The third-order valence-corrected chi connectivity index (χ3v) is 5.51. The number of aromatic nitrogens is 3. The predicted molar refractivity (Wildman–Crippen MR) is 116 cm³/mol. The maximum atomic E-state index is 12.7. The summed E-state index contributed by atoms with van der Waals surface area (Å²) in [5.74, 6) is 0.247. The maximum Gasteiger partial charge on any atom is 0.405 e. The molecule has 4 rings (SSSR count). The van der Waals surface area contributed by atoms with E-state index in [1.807, 2.05) is 27.7 Å². The summed E-state index contributed by atoms with van der Waals surface area (Å²) in [6.07, 6.45) is -3.35. The molecule has 0 unspecified atom stereocenters. The number of hydrogen-bond acceptors (Lipinski definition) is 7. The minimum Gasteiger partial charge on any atom is -0.402 e. The van der Waals surface area contributed by atoms with Crippen molar-refractivity contribution in [2.45, 2.75) is 64.3 Å². The number of pyridine rings is 1. The van der Waals surface area contributed by atoms with E-state index in [1.165, 1.54) is 0 Å². The summed E-state index contributed by atoms with van der Waals surface area (Å²) in [7, 11) is 0. The topological polar surface area (TPSA) is 96.1 Å². The van der Waals surface area contributed by atoms with Gasteiger partial charge in [-0.1, -0.05) is 25.9 Å². The second-order valence-corrected chi connectivity index (χ2v) is 9.34. The lowest BCUT2D eigenvalue weighted by molar-refractivity contribution is -0.115. The van der Waals surface area contributed by atoms with Crippen LogP contribution in [0.4, 0.5) is 24.9 Å². The number of hydrogen-bond donors (Lipinski definition) is 3. The van der Waals surface area contributed by atoms with Crippen LogP contribution in [0.15, 0.2) is 22.6 Å². The molecule has 7 nitrogen and oxygen atoms in total. The van der Waals surface area contributed by atoms with Crippen molar-refractivity contribution in [3.8, 4) is 11.6 Å². The molecule has 0 bridgehead atoms. The van der Waals surface area contributed by atoms with Crippen LogP contribution in [0.2, 0.25) is 0 Å². The summed E-state index contributed by atoms with van der Waals surface area (Å²) >= 11 is 0. The number of fused-ring (bicyclic) bond motifs is 1. The molecule has 1 aliphatic carbocycles. The van der Waals surface area contributed by atoms with E-state index in [4.69, 9.17) is 9.40 Å². The Hall–Kier alpha value is -2.88. The van der Waals surface area contributed by atoms with Gasteiger partial charge in [0.1, 0.15) is 12.2 Å². The monoisotopic (exact) mass is 449 g/mol. The van der Waals surface area contributed by atoms with Gasteiger partial charge in [0.05, 0.1) is 11.6 Å². The number of halogens is 3. The third kappa shape index (κ3) is 4.79. The Morgan fingerprint density at radius 2 is 1.84 bits per heavy atom. The van der Waals surface area contributed by atoms with Crippen LogP contribution in [0.25, 0.3) is 22.5 Å².